The van der Waals surface area contributed by atoms with Crippen LogP contribution in [-0.2, 0) is 4.74 Å². The third-order valence-corrected chi connectivity index (χ3v) is 2.30. The highest BCUT2D eigenvalue weighted by Gasteiger charge is 2.32. The van der Waals surface area contributed by atoms with Gasteiger partial charge in [0.15, 0.2) is 0 Å². The molecule has 2 atom stereocenters. The van der Waals surface area contributed by atoms with Crippen LogP contribution in [-0.4, -0.2) is 6.61 Å². The van der Waals surface area contributed by atoms with E-state index in [4.69, 9.17) is 4.74 Å². The van der Waals surface area contributed by atoms with Gasteiger partial charge in [0.05, 0.1) is 13.2 Å². The fourth-order valence-corrected chi connectivity index (χ4v) is 1.75. The van der Waals surface area contributed by atoms with Crippen molar-refractivity contribution < 1.29 is 4.74 Å². The Morgan fingerprint density at radius 1 is 1.38 bits per heavy atom. The molecule has 1 aliphatic carbocycles. The summed E-state index contributed by atoms with van der Waals surface area (Å²) in [5.41, 5.74) is 0. The molecule has 1 aliphatic heterocycles. The van der Waals surface area contributed by atoms with Crippen molar-refractivity contribution in [2.45, 2.75) is 19.3 Å². The lowest BCUT2D eigenvalue weighted by Crippen LogP contribution is -2.00. The van der Waals surface area contributed by atoms with Gasteiger partial charge in [-0.05, 0) is 24.7 Å². The Hall–Kier alpha value is -0.0400. The molecule has 1 heterocycles. The second-order valence-electron chi connectivity index (χ2n) is 2.82. The first kappa shape index (κ1) is 4.80. The molecular weight excluding hydrogens is 100 g/mol. The molecule has 0 aromatic heterocycles. The number of ether oxygens (including phenoxy) is 1. The molecule has 1 heteroatoms. The topological polar surface area (TPSA) is 9.23 Å². The van der Waals surface area contributed by atoms with Gasteiger partial charge in [0.2, 0.25) is 0 Å². The SMILES string of the molecule is [CH]1OC[C@@H]2CCC[C@H]12. The van der Waals surface area contributed by atoms with Gasteiger partial charge in [-0.1, -0.05) is 6.42 Å². The van der Waals surface area contributed by atoms with Gasteiger partial charge < -0.3 is 4.74 Å². The summed E-state index contributed by atoms with van der Waals surface area (Å²) in [6.07, 6.45) is 4.21. The van der Waals surface area contributed by atoms with Crippen molar-refractivity contribution in [3.05, 3.63) is 6.61 Å². The van der Waals surface area contributed by atoms with E-state index < -0.39 is 0 Å². The van der Waals surface area contributed by atoms with Crippen LogP contribution in [0.25, 0.3) is 0 Å². The second kappa shape index (κ2) is 1.73. The number of rotatable bonds is 0. The molecule has 0 spiro atoms. The fraction of sp³-hybridized carbons (Fsp3) is 0.857. The molecule has 2 fully saturated rings. The normalized spacial score (nSPS) is 45.0. The molecule has 1 radical (unpaired) electrons. The first-order valence-corrected chi connectivity index (χ1v) is 3.42. The van der Waals surface area contributed by atoms with Crippen LogP contribution in [0.4, 0.5) is 0 Å². The third-order valence-electron chi connectivity index (χ3n) is 2.30. The zero-order valence-corrected chi connectivity index (χ0v) is 4.97. The summed E-state index contributed by atoms with van der Waals surface area (Å²) in [7, 11) is 0. The number of hydrogen-bond donors (Lipinski definition) is 0. The largest absolute Gasteiger partial charge is 0.375 e. The smallest absolute Gasteiger partial charge is 0.0871 e. The Balaban J connectivity index is 2.04. The van der Waals surface area contributed by atoms with E-state index in [1.807, 2.05) is 6.61 Å². The molecule has 2 aliphatic rings. The lowest BCUT2D eigenvalue weighted by molar-refractivity contribution is 0.227. The van der Waals surface area contributed by atoms with Crippen LogP contribution in [0.3, 0.4) is 0 Å². The summed E-state index contributed by atoms with van der Waals surface area (Å²) in [5.74, 6) is 1.73. The zero-order chi connectivity index (χ0) is 5.40. The predicted octanol–water partition coefficient (Wildman–Crippen LogP) is 1.59. The predicted molar refractivity (Wildman–Crippen MR) is 31.1 cm³/mol. The van der Waals surface area contributed by atoms with Gasteiger partial charge in [0.25, 0.3) is 0 Å². The zero-order valence-electron chi connectivity index (χ0n) is 4.97. The highest BCUT2D eigenvalue weighted by atomic mass is 16.5. The van der Waals surface area contributed by atoms with Crippen LogP contribution in [0.2, 0.25) is 0 Å². The molecule has 45 valence electrons. The minimum atomic E-state index is 0.829. The molecule has 0 aromatic carbocycles. The highest BCUT2D eigenvalue weighted by Crippen LogP contribution is 2.38. The molecule has 8 heavy (non-hydrogen) atoms. The summed E-state index contributed by atoms with van der Waals surface area (Å²) in [6.45, 7) is 3.04. The van der Waals surface area contributed by atoms with Gasteiger partial charge in [0.1, 0.15) is 0 Å². The fourth-order valence-electron chi connectivity index (χ4n) is 1.75. The lowest BCUT2D eigenvalue weighted by Gasteiger charge is -2.00. The van der Waals surface area contributed by atoms with E-state index in [9.17, 15) is 0 Å². The Kier molecular flexibility index (Phi) is 1.04. The Morgan fingerprint density at radius 3 is 3.25 bits per heavy atom. The third kappa shape index (κ3) is 0.576. The van der Waals surface area contributed by atoms with Crippen LogP contribution < -0.4 is 0 Å². The van der Waals surface area contributed by atoms with Crippen molar-refractivity contribution in [1.82, 2.24) is 0 Å². The van der Waals surface area contributed by atoms with Crippen molar-refractivity contribution in [2.75, 3.05) is 6.61 Å². The van der Waals surface area contributed by atoms with Gasteiger partial charge in [0, 0.05) is 0 Å². The average molecular weight is 111 g/mol. The Bertz CT molecular complexity index is 70.4. The summed E-state index contributed by atoms with van der Waals surface area (Å²) >= 11 is 0. The first-order valence-electron chi connectivity index (χ1n) is 3.42. The first-order chi connectivity index (χ1) is 3.97. The van der Waals surface area contributed by atoms with Crippen LogP contribution >= 0.6 is 0 Å². The second-order valence-corrected chi connectivity index (χ2v) is 2.82. The van der Waals surface area contributed by atoms with E-state index in [2.05, 4.69) is 0 Å². The molecule has 1 saturated carbocycles. The van der Waals surface area contributed by atoms with E-state index in [1.54, 1.807) is 0 Å². The highest BCUT2D eigenvalue weighted by molar-refractivity contribution is 4.87. The molecular formula is C7H11O. The van der Waals surface area contributed by atoms with E-state index in [-0.39, 0.29) is 0 Å². The van der Waals surface area contributed by atoms with Crippen molar-refractivity contribution in [1.29, 1.82) is 0 Å². The van der Waals surface area contributed by atoms with Crippen molar-refractivity contribution in [2.24, 2.45) is 11.8 Å². The molecule has 0 aromatic rings. The van der Waals surface area contributed by atoms with E-state index in [1.165, 1.54) is 19.3 Å². The summed E-state index contributed by atoms with van der Waals surface area (Å²) in [5, 5.41) is 0. The quantitative estimate of drug-likeness (QED) is 0.461. The Morgan fingerprint density at radius 2 is 2.38 bits per heavy atom. The Labute approximate surface area is 50.0 Å². The van der Waals surface area contributed by atoms with Crippen molar-refractivity contribution >= 4 is 0 Å². The van der Waals surface area contributed by atoms with Gasteiger partial charge in [-0.2, -0.15) is 0 Å². The minimum Gasteiger partial charge on any atom is -0.375 e. The van der Waals surface area contributed by atoms with Crippen molar-refractivity contribution in [3.8, 4) is 0 Å². The molecule has 0 N–H and O–H groups in total. The maximum absolute atomic E-state index is 5.19. The standard InChI is InChI=1S/C7H11O/c1-2-6-4-8-5-7(6)3-1/h4,6-7H,1-3,5H2/t6-,7+/m1/s1. The summed E-state index contributed by atoms with van der Waals surface area (Å²) in [6, 6.07) is 0. The van der Waals surface area contributed by atoms with Gasteiger partial charge in [-0.3, -0.25) is 0 Å². The summed E-state index contributed by atoms with van der Waals surface area (Å²) < 4.78 is 5.19. The molecule has 0 amide bonds. The van der Waals surface area contributed by atoms with Crippen LogP contribution in [0.1, 0.15) is 19.3 Å². The molecule has 2 rings (SSSR count). The molecule has 1 nitrogen and oxygen atoms in total. The number of fused-ring (bicyclic) bond motifs is 1. The van der Waals surface area contributed by atoms with Gasteiger partial charge in [-0.15, -0.1) is 0 Å². The van der Waals surface area contributed by atoms with E-state index in [0.29, 0.717) is 0 Å². The van der Waals surface area contributed by atoms with E-state index in [0.717, 1.165) is 18.4 Å². The van der Waals surface area contributed by atoms with Gasteiger partial charge in [-0.25, -0.2) is 0 Å². The van der Waals surface area contributed by atoms with Crippen LogP contribution in [0.15, 0.2) is 0 Å². The van der Waals surface area contributed by atoms with Crippen molar-refractivity contribution in [3.63, 3.8) is 0 Å². The van der Waals surface area contributed by atoms with Crippen LogP contribution in [0.5, 0.6) is 0 Å². The maximum atomic E-state index is 5.19. The molecule has 1 saturated heterocycles. The molecule has 0 bridgehead atoms. The minimum absolute atomic E-state index is 0.829. The number of hydrogen-bond acceptors (Lipinski definition) is 1. The maximum Gasteiger partial charge on any atom is 0.0871 e. The summed E-state index contributed by atoms with van der Waals surface area (Å²) in [4.78, 5) is 0. The average Bonchev–Trinajstić information content (AvgIpc) is 2.15. The lowest BCUT2D eigenvalue weighted by atomic mass is 10.0. The van der Waals surface area contributed by atoms with Crippen LogP contribution in [0, 0.1) is 18.4 Å². The monoisotopic (exact) mass is 111 g/mol. The van der Waals surface area contributed by atoms with E-state index >= 15 is 0 Å². The molecule has 0 unspecified atom stereocenters. The van der Waals surface area contributed by atoms with Gasteiger partial charge >= 0.3 is 0 Å².